The van der Waals surface area contributed by atoms with Crippen LogP contribution >= 0.6 is 0 Å². The Bertz CT molecular complexity index is 3140. The average molecular weight is 1630 g/mol. The van der Waals surface area contributed by atoms with Crippen molar-refractivity contribution in [3.05, 3.63) is 141 Å². The molecule has 0 spiro atoms. The molecular weight excluding hydrogens is 1490 g/mol. The predicted molar refractivity (Wildman–Crippen MR) is 468 cm³/mol. The van der Waals surface area contributed by atoms with E-state index in [0.29, 0.717) is 236 Å². The van der Waals surface area contributed by atoms with Crippen LogP contribution in [0.25, 0.3) is 36.5 Å². The van der Waals surface area contributed by atoms with Gasteiger partial charge in [0.15, 0.2) is 0 Å². The van der Waals surface area contributed by atoms with E-state index in [9.17, 15) is 43.2 Å². The Morgan fingerprint density at radius 1 is 0.205 bits per heavy atom. The minimum Gasteiger partial charge on any atom is -0.355 e. The summed E-state index contributed by atoms with van der Waals surface area (Å²) in [5.41, 5.74) is 59.8. The minimum atomic E-state index is -0.126. The molecule has 0 aliphatic heterocycles. The molecule has 0 saturated heterocycles. The molecule has 27 N–H and O–H groups in total. The topological polar surface area (TPSA) is 516 Å². The summed E-state index contributed by atoms with van der Waals surface area (Å²) in [7, 11) is 0. The Labute approximate surface area is 692 Å². The van der Waals surface area contributed by atoms with Gasteiger partial charge in [0.2, 0.25) is 53.2 Å². The quantitative estimate of drug-likeness (QED) is 0.0207. The summed E-state index contributed by atoms with van der Waals surface area (Å²) in [6.07, 6.45) is 14.6. The van der Waals surface area contributed by atoms with Gasteiger partial charge in [-0.1, -0.05) is 109 Å². The van der Waals surface area contributed by atoms with Crippen molar-refractivity contribution in [2.45, 2.75) is 77.4 Å². The normalized spacial score (nSPS) is 11.6. The summed E-state index contributed by atoms with van der Waals surface area (Å²) in [4.78, 5) is 128. The lowest BCUT2D eigenvalue weighted by Crippen LogP contribution is -2.40. The highest BCUT2D eigenvalue weighted by atomic mass is 16.2. The van der Waals surface area contributed by atoms with Crippen LogP contribution in [0.15, 0.2) is 91.0 Å². The molecule has 33 nitrogen and oxygen atoms in total. The second-order valence-corrected chi connectivity index (χ2v) is 28.5. The number of amides is 9. The van der Waals surface area contributed by atoms with Crippen LogP contribution in [0.5, 0.6) is 0 Å². The van der Waals surface area contributed by atoms with Crippen LogP contribution in [-0.2, 0) is 62.8 Å². The van der Waals surface area contributed by atoms with E-state index in [2.05, 4.69) is 205 Å². The Balaban J connectivity index is 1.70. The summed E-state index contributed by atoms with van der Waals surface area (Å²) >= 11 is 0. The Morgan fingerprint density at radius 3 is 0.513 bits per heavy atom. The molecule has 0 aromatic heterocycles. The zero-order valence-corrected chi connectivity index (χ0v) is 69.0. The molecule has 0 aliphatic rings. The average Bonchev–Trinajstić information content (AvgIpc) is 0.849. The number of benzene rings is 4. The monoisotopic (exact) mass is 1630 g/mol. The van der Waals surface area contributed by atoms with E-state index in [4.69, 9.17) is 51.6 Å². The molecule has 0 saturated carbocycles. The standard InChI is InChI=1S/C84H138N24O9/c85-28-37-94-76(109)19-46-103(47-20-77(110)95-38-29-86)55-58-106(52-25-82(115)100-43-34-91)64-70-10-1-67(2-11-70)7-16-73-61-74(17-8-68-3-12-71(13-4-68)65-107(53-26-83(116)101-44-35-92)59-56-104(48-21-78(111)96-39-30-87)49-22-79(112)97-40-31-88)63-75(62-73)18-9-69-5-14-72(15-6-69)66-108(54-27-84(117)102-45-36-93)60-57-105(50-23-80(113)98-41-32-89)51-24-81(114)99-42-33-90/h1-18,61-63H,19-60,64-66,85-93H2,(H,94,109)(H,95,110)(H,96,111)(H,97,112)(H,98,113)(H,99,114)(H,100,115)(H,101,116)(H,102,117)/b16-7+,17-8+,18-9+. The van der Waals surface area contributed by atoms with E-state index in [-0.39, 0.29) is 111 Å². The third kappa shape index (κ3) is 48.3. The highest BCUT2D eigenvalue weighted by Gasteiger charge is 2.20. The summed E-state index contributed by atoms with van der Waals surface area (Å²) in [5, 5.41) is 25.6. The third-order valence-electron chi connectivity index (χ3n) is 18.9. The molecule has 4 aromatic carbocycles. The molecule has 0 fully saturated rings. The lowest BCUT2D eigenvalue weighted by atomic mass is 10.0. The molecule has 0 aliphatic carbocycles. The number of carbonyl (C=O) groups excluding carboxylic acids is 9. The fourth-order valence-corrected chi connectivity index (χ4v) is 12.2. The van der Waals surface area contributed by atoms with Crippen molar-refractivity contribution >= 4 is 89.6 Å². The SMILES string of the molecule is NCCNC(=O)CCN(CCC(=O)NCCN)CCN(CCC(=O)NCCN)Cc1ccc(/C=C/c2cc(/C=C/c3ccc(CN(CCC(=O)NCCN)CCN(CCC(=O)NCCN)CCC(=O)NCCN)cc3)cc(/C=C/c3ccc(CN(CCC(=O)NCCN)CCN(CCC(=O)NCCN)CCC(=O)NCCN)cc3)c2)cc1. The molecule has 117 heavy (non-hydrogen) atoms. The first-order valence-electron chi connectivity index (χ1n) is 41.3. The molecular formula is C84H138N24O9. The molecule has 9 amide bonds. The van der Waals surface area contributed by atoms with Crippen molar-refractivity contribution in [3.63, 3.8) is 0 Å². The van der Waals surface area contributed by atoms with Crippen LogP contribution in [0, 0.1) is 0 Å². The largest absolute Gasteiger partial charge is 0.355 e. The molecule has 0 radical (unpaired) electrons. The maximum absolute atomic E-state index is 12.9. The van der Waals surface area contributed by atoms with E-state index in [1.165, 1.54) is 0 Å². The zero-order valence-electron chi connectivity index (χ0n) is 69.0. The third-order valence-corrected chi connectivity index (χ3v) is 18.9. The van der Waals surface area contributed by atoms with Crippen LogP contribution in [-0.4, -0.2) is 299 Å². The van der Waals surface area contributed by atoms with Gasteiger partial charge in [0, 0.05) is 293 Å². The van der Waals surface area contributed by atoms with E-state index in [1.54, 1.807) is 0 Å². The maximum atomic E-state index is 12.9. The predicted octanol–water partition coefficient (Wildman–Crippen LogP) is -2.31. The molecule has 4 aromatic rings. The second kappa shape index (κ2) is 62.9. The van der Waals surface area contributed by atoms with Crippen LogP contribution in [0.2, 0.25) is 0 Å². The number of carbonyl (C=O) groups is 9. The van der Waals surface area contributed by atoms with Gasteiger partial charge in [-0.25, -0.2) is 0 Å². The van der Waals surface area contributed by atoms with Crippen molar-refractivity contribution in [1.29, 1.82) is 0 Å². The van der Waals surface area contributed by atoms with Gasteiger partial charge in [0.25, 0.3) is 0 Å². The highest BCUT2D eigenvalue weighted by molar-refractivity contribution is 5.81. The van der Waals surface area contributed by atoms with Gasteiger partial charge in [0.1, 0.15) is 0 Å². The van der Waals surface area contributed by atoms with Crippen molar-refractivity contribution < 1.29 is 43.2 Å². The molecule has 0 heterocycles. The van der Waals surface area contributed by atoms with E-state index < -0.39 is 0 Å². The lowest BCUT2D eigenvalue weighted by Gasteiger charge is -2.28. The fourth-order valence-electron chi connectivity index (χ4n) is 12.2. The van der Waals surface area contributed by atoms with Gasteiger partial charge < -0.3 is 114 Å². The van der Waals surface area contributed by atoms with Gasteiger partial charge in [-0.3, -0.25) is 57.9 Å². The molecule has 648 valence electrons. The number of hydrogen-bond acceptors (Lipinski definition) is 24. The van der Waals surface area contributed by atoms with E-state index in [1.807, 2.05) is 0 Å². The fraction of sp³-hybridized carbons (Fsp3) is 0.536. The first-order valence-corrected chi connectivity index (χ1v) is 41.3. The van der Waals surface area contributed by atoms with Crippen LogP contribution in [0.3, 0.4) is 0 Å². The van der Waals surface area contributed by atoms with Gasteiger partial charge >= 0.3 is 0 Å². The van der Waals surface area contributed by atoms with Crippen LogP contribution in [0.1, 0.15) is 108 Å². The smallest absolute Gasteiger partial charge is 0.221 e. The van der Waals surface area contributed by atoms with Gasteiger partial charge in [-0.15, -0.1) is 0 Å². The van der Waals surface area contributed by atoms with Gasteiger partial charge in [-0.05, 0) is 68.3 Å². The number of hydrogen-bond donors (Lipinski definition) is 18. The van der Waals surface area contributed by atoms with Crippen molar-refractivity contribution in [2.75, 3.05) is 216 Å². The molecule has 0 unspecified atom stereocenters. The van der Waals surface area contributed by atoms with Crippen molar-refractivity contribution in [2.24, 2.45) is 51.6 Å². The molecule has 0 bridgehead atoms. The lowest BCUT2D eigenvalue weighted by molar-refractivity contribution is -0.123. The summed E-state index contributed by atoms with van der Waals surface area (Å²) in [6.45, 7) is 15.1. The highest BCUT2D eigenvalue weighted by Crippen LogP contribution is 2.21. The number of nitrogens with zero attached hydrogens (tertiary/aromatic N) is 6. The second-order valence-electron chi connectivity index (χ2n) is 28.5. The summed E-state index contributed by atoms with van der Waals surface area (Å²) in [5.74, 6) is -1.08. The first kappa shape index (κ1) is 100. The van der Waals surface area contributed by atoms with E-state index in [0.717, 1.165) is 50.1 Å². The minimum absolute atomic E-state index is 0.107. The Morgan fingerprint density at radius 2 is 0.350 bits per heavy atom. The van der Waals surface area contributed by atoms with Crippen molar-refractivity contribution in [3.8, 4) is 0 Å². The molecule has 33 heteroatoms. The summed E-state index contributed by atoms with van der Waals surface area (Å²) in [6, 6.07) is 31.2. The maximum Gasteiger partial charge on any atom is 0.221 e. The van der Waals surface area contributed by atoms with Gasteiger partial charge in [0.05, 0.1) is 0 Å². The number of nitrogens with two attached hydrogens (primary N) is 9. The van der Waals surface area contributed by atoms with Crippen molar-refractivity contribution in [1.82, 2.24) is 77.3 Å². The Kier molecular flexibility index (Phi) is 53.8. The number of rotatable bonds is 66. The number of nitrogens with one attached hydrogen (secondary N) is 9. The van der Waals surface area contributed by atoms with E-state index >= 15 is 0 Å². The molecule has 4 rings (SSSR count). The summed E-state index contributed by atoms with van der Waals surface area (Å²) < 4.78 is 0. The van der Waals surface area contributed by atoms with Crippen LogP contribution in [0.4, 0.5) is 0 Å². The zero-order chi connectivity index (χ0) is 84.9. The Hall–Kier alpha value is -9.27. The first-order chi connectivity index (χ1) is 56.8. The van der Waals surface area contributed by atoms with Gasteiger partial charge in [-0.2, -0.15) is 0 Å². The van der Waals surface area contributed by atoms with Crippen LogP contribution < -0.4 is 99.5 Å². The molecule has 0 atom stereocenters.